The average molecular weight is 194 g/mol. The minimum atomic E-state index is -0.545. The number of terminal acetylenes is 1. The molecule has 3 nitrogen and oxygen atoms in total. The van der Waals surface area contributed by atoms with Crippen molar-refractivity contribution in [1.82, 2.24) is 5.32 Å². The fraction of sp³-hybridized carbons (Fsp3) is 0.727. The van der Waals surface area contributed by atoms with Crippen molar-refractivity contribution in [2.75, 3.05) is 0 Å². The van der Waals surface area contributed by atoms with Gasteiger partial charge in [0.2, 0.25) is 5.91 Å². The van der Waals surface area contributed by atoms with E-state index in [0.717, 1.165) is 12.8 Å². The van der Waals surface area contributed by atoms with Gasteiger partial charge in [0.15, 0.2) is 0 Å². The second kappa shape index (κ2) is 5.02. The molecule has 3 heteroatoms. The Kier molecular flexibility index (Phi) is 3.97. The first-order valence-electron chi connectivity index (χ1n) is 5.13. The van der Waals surface area contributed by atoms with Crippen molar-refractivity contribution in [2.24, 2.45) is 11.7 Å². The highest BCUT2D eigenvalue weighted by Gasteiger charge is 2.24. The molecule has 3 N–H and O–H groups in total. The smallest absolute Gasteiger partial charge is 0.238 e. The molecule has 0 aromatic heterocycles. The van der Waals surface area contributed by atoms with E-state index in [1.807, 2.05) is 0 Å². The van der Waals surface area contributed by atoms with E-state index >= 15 is 0 Å². The Morgan fingerprint density at radius 2 is 2.43 bits per heavy atom. The Bertz CT molecular complexity index is 244. The van der Waals surface area contributed by atoms with Crippen LogP contribution in [0.3, 0.4) is 0 Å². The lowest BCUT2D eigenvalue weighted by molar-refractivity contribution is -0.122. The molecule has 0 aromatic carbocycles. The van der Waals surface area contributed by atoms with Gasteiger partial charge in [-0.25, -0.2) is 0 Å². The molecule has 3 unspecified atom stereocenters. The van der Waals surface area contributed by atoms with Crippen LogP contribution >= 0.6 is 0 Å². The van der Waals surface area contributed by atoms with Gasteiger partial charge >= 0.3 is 0 Å². The van der Waals surface area contributed by atoms with Gasteiger partial charge in [-0.3, -0.25) is 4.79 Å². The highest BCUT2D eigenvalue weighted by Crippen LogP contribution is 2.24. The molecule has 1 aliphatic rings. The van der Waals surface area contributed by atoms with E-state index in [0.29, 0.717) is 18.4 Å². The van der Waals surface area contributed by atoms with Crippen LogP contribution < -0.4 is 11.1 Å². The highest BCUT2D eigenvalue weighted by molar-refractivity contribution is 5.82. The van der Waals surface area contributed by atoms with Crippen LogP contribution in [-0.2, 0) is 4.79 Å². The van der Waals surface area contributed by atoms with Gasteiger partial charge in [-0.2, -0.15) is 0 Å². The maximum absolute atomic E-state index is 11.5. The van der Waals surface area contributed by atoms with Gasteiger partial charge in [0.05, 0.1) is 6.04 Å². The number of hydrogen-bond donors (Lipinski definition) is 2. The number of carbonyl (C=O) groups is 1. The summed E-state index contributed by atoms with van der Waals surface area (Å²) in [5, 5.41) is 2.93. The predicted molar refractivity (Wildman–Crippen MR) is 56.4 cm³/mol. The maximum atomic E-state index is 11.5. The van der Waals surface area contributed by atoms with Gasteiger partial charge < -0.3 is 11.1 Å². The molecule has 0 bridgehead atoms. The minimum Gasteiger partial charge on any atom is -0.352 e. The zero-order chi connectivity index (χ0) is 10.6. The molecule has 0 radical (unpaired) electrons. The van der Waals surface area contributed by atoms with Crippen molar-refractivity contribution in [1.29, 1.82) is 0 Å². The molecule has 0 heterocycles. The largest absolute Gasteiger partial charge is 0.352 e. The van der Waals surface area contributed by atoms with Crippen molar-refractivity contribution >= 4 is 5.91 Å². The second-order valence-corrected chi connectivity index (χ2v) is 4.14. The standard InChI is InChI=1S/C11H18N2O/c1-3-4-10(12)11(14)13-9-6-5-8(2)7-9/h1,8-10H,4-7,12H2,2H3,(H,13,14). The predicted octanol–water partition coefficient (Wildman–Crippen LogP) is 0.642. The zero-order valence-electron chi connectivity index (χ0n) is 8.62. The topological polar surface area (TPSA) is 55.1 Å². The molecule has 1 fully saturated rings. The van der Waals surface area contributed by atoms with Crippen molar-refractivity contribution in [3.05, 3.63) is 0 Å². The fourth-order valence-electron chi connectivity index (χ4n) is 1.87. The van der Waals surface area contributed by atoms with Crippen molar-refractivity contribution in [2.45, 2.75) is 44.7 Å². The third-order valence-electron chi connectivity index (χ3n) is 2.72. The van der Waals surface area contributed by atoms with Gasteiger partial charge in [0, 0.05) is 12.5 Å². The molecule has 14 heavy (non-hydrogen) atoms. The average Bonchev–Trinajstić information content (AvgIpc) is 2.51. The van der Waals surface area contributed by atoms with Crippen LogP contribution in [0, 0.1) is 18.3 Å². The summed E-state index contributed by atoms with van der Waals surface area (Å²) in [5.41, 5.74) is 5.59. The Morgan fingerprint density at radius 3 is 2.93 bits per heavy atom. The molecule has 0 spiro atoms. The first kappa shape index (κ1) is 11.1. The number of carbonyl (C=O) groups excluding carboxylic acids is 1. The Hall–Kier alpha value is -1.01. The summed E-state index contributed by atoms with van der Waals surface area (Å²) >= 11 is 0. The summed E-state index contributed by atoms with van der Waals surface area (Å²) in [6.45, 7) is 2.20. The van der Waals surface area contributed by atoms with E-state index in [-0.39, 0.29) is 5.91 Å². The van der Waals surface area contributed by atoms with Gasteiger partial charge in [-0.1, -0.05) is 6.92 Å². The molecule has 1 saturated carbocycles. The van der Waals surface area contributed by atoms with Gasteiger partial charge in [-0.05, 0) is 25.2 Å². The lowest BCUT2D eigenvalue weighted by Gasteiger charge is -2.15. The van der Waals surface area contributed by atoms with Crippen LogP contribution in [-0.4, -0.2) is 18.0 Å². The number of nitrogens with two attached hydrogens (primary N) is 1. The van der Waals surface area contributed by atoms with Crippen molar-refractivity contribution < 1.29 is 4.79 Å². The molecular weight excluding hydrogens is 176 g/mol. The summed E-state index contributed by atoms with van der Waals surface area (Å²) in [4.78, 5) is 11.5. The summed E-state index contributed by atoms with van der Waals surface area (Å²) < 4.78 is 0. The summed E-state index contributed by atoms with van der Waals surface area (Å²) in [5.74, 6) is 3.00. The number of rotatable bonds is 3. The van der Waals surface area contributed by atoms with Gasteiger partial charge in [-0.15, -0.1) is 12.3 Å². The van der Waals surface area contributed by atoms with Crippen LogP contribution in [0.25, 0.3) is 0 Å². The minimum absolute atomic E-state index is 0.109. The highest BCUT2D eigenvalue weighted by atomic mass is 16.2. The molecule has 0 aromatic rings. The van der Waals surface area contributed by atoms with Crippen LogP contribution in [0.4, 0.5) is 0 Å². The Morgan fingerprint density at radius 1 is 1.71 bits per heavy atom. The molecule has 1 rings (SSSR count). The summed E-state index contributed by atoms with van der Waals surface area (Å²) in [7, 11) is 0. The molecule has 78 valence electrons. The van der Waals surface area contributed by atoms with E-state index in [1.54, 1.807) is 0 Å². The number of amides is 1. The van der Waals surface area contributed by atoms with Crippen LogP contribution in [0.5, 0.6) is 0 Å². The SMILES string of the molecule is C#CCC(N)C(=O)NC1CCC(C)C1. The molecule has 3 atom stereocenters. The monoisotopic (exact) mass is 194 g/mol. The Labute approximate surface area is 85.4 Å². The first-order valence-corrected chi connectivity index (χ1v) is 5.13. The van der Waals surface area contributed by atoms with E-state index in [9.17, 15) is 4.79 Å². The van der Waals surface area contributed by atoms with Crippen LogP contribution in [0.2, 0.25) is 0 Å². The number of hydrogen-bond acceptors (Lipinski definition) is 2. The fourth-order valence-corrected chi connectivity index (χ4v) is 1.87. The molecule has 1 aliphatic carbocycles. The summed E-state index contributed by atoms with van der Waals surface area (Å²) in [6.07, 6.45) is 8.72. The van der Waals surface area contributed by atoms with E-state index in [1.165, 1.54) is 6.42 Å². The molecule has 0 aliphatic heterocycles. The maximum Gasteiger partial charge on any atom is 0.238 e. The lowest BCUT2D eigenvalue weighted by Crippen LogP contribution is -2.44. The number of nitrogens with one attached hydrogen (secondary N) is 1. The van der Waals surface area contributed by atoms with Gasteiger partial charge in [0.25, 0.3) is 0 Å². The van der Waals surface area contributed by atoms with Crippen molar-refractivity contribution in [3.63, 3.8) is 0 Å². The molecule has 0 saturated heterocycles. The zero-order valence-corrected chi connectivity index (χ0v) is 8.62. The van der Waals surface area contributed by atoms with E-state index < -0.39 is 6.04 Å². The van der Waals surface area contributed by atoms with Crippen LogP contribution in [0.1, 0.15) is 32.6 Å². The Balaban J connectivity index is 2.30. The van der Waals surface area contributed by atoms with Crippen LogP contribution in [0.15, 0.2) is 0 Å². The summed E-state index contributed by atoms with van der Waals surface area (Å²) in [6, 6.07) is -0.239. The first-order chi connectivity index (χ1) is 6.63. The normalized spacial score (nSPS) is 28.1. The molecular formula is C11H18N2O. The van der Waals surface area contributed by atoms with E-state index in [2.05, 4.69) is 18.2 Å². The second-order valence-electron chi connectivity index (χ2n) is 4.14. The third kappa shape index (κ3) is 3.04. The quantitative estimate of drug-likeness (QED) is 0.648. The lowest BCUT2D eigenvalue weighted by atomic mass is 10.1. The van der Waals surface area contributed by atoms with Gasteiger partial charge in [0.1, 0.15) is 0 Å². The molecule has 1 amide bonds. The van der Waals surface area contributed by atoms with E-state index in [4.69, 9.17) is 12.2 Å². The third-order valence-corrected chi connectivity index (χ3v) is 2.72. The van der Waals surface area contributed by atoms with Crippen molar-refractivity contribution in [3.8, 4) is 12.3 Å².